The number of anilines is 1. The van der Waals surface area contributed by atoms with Crippen LogP contribution in [0.5, 0.6) is 0 Å². The van der Waals surface area contributed by atoms with Gasteiger partial charge in [0.1, 0.15) is 0 Å². The van der Waals surface area contributed by atoms with Crippen molar-refractivity contribution in [3.8, 4) is 11.1 Å². The van der Waals surface area contributed by atoms with Crippen molar-refractivity contribution >= 4 is 11.7 Å². The standard InChI is InChI=1S/C13H12N2O2/c14-13-10(9-4-2-1-3-5-9)6-7-15-11(13)8-12(16)17/h1-7H,8,14H2,(H,16,17). The van der Waals surface area contributed by atoms with Crippen LogP contribution in [0, 0.1) is 0 Å². The van der Waals surface area contributed by atoms with Gasteiger partial charge in [-0.15, -0.1) is 0 Å². The first-order valence-electron chi connectivity index (χ1n) is 5.19. The Labute approximate surface area is 98.7 Å². The van der Waals surface area contributed by atoms with E-state index in [4.69, 9.17) is 10.8 Å². The van der Waals surface area contributed by atoms with Crippen LogP contribution in [0.4, 0.5) is 5.69 Å². The number of hydrogen-bond donors (Lipinski definition) is 2. The van der Waals surface area contributed by atoms with Crippen molar-refractivity contribution in [1.82, 2.24) is 4.98 Å². The first kappa shape index (κ1) is 11.1. The largest absolute Gasteiger partial charge is 0.481 e. The lowest BCUT2D eigenvalue weighted by Crippen LogP contribution is -2.06. The Bertz CT molecular complexity index is 538. The fourth-order valence-corrected chi connectivity index (χ4v) is 1.67. The number of benzene rings is 1. The summed E-state index contributed by atoms with van der Waals surface area (Å²) in [5, 5.41) is 8.76. The van der Waals surface area contributed by atoms with E-state index in [2.05, 4.69) is 4.98 Å². The molecule has 0 aliphatic carbocycles. The summed E-state index contributed by atoms with van der Waals surface area (Å²) in [7, 11) is 0. The molecule has 0 unspecified atom stereocenters. The van der Waals surface area contributed by atoms with Crippen molar-refractivity contribution in [2.24, 2.45) is 0 Å². The molecule has 0 bridgehead atoms. The van der Waals surface area contributed by atoms with Gasteiger partial charge in [0.05, 0.1) is 17.8 Å². The molecule has 0 aliphatic rings. The highest BCUT2D eigenvalue weighted by molar-refractivity contribution is 5.80. The molecule has 0 amide bonds. The van der Waals surface area contributed by atoms with Gasteiger partial charge >= 0.3 is 5.97 Å². The second kappa shape index (κ2) is 4.65. The number of rotatable bonds is 3. The SMILES string of the molecule is Nc1c(-c2ccccc2)ccnc1CC(=O)O. The smallest absolute Gasteiger partial charge is 0.309 e. The summed E-state index contributed by atoms with van der Waals surface area (Å²) in [6.45, 7) is 0. The molecule has 1 aromatic carbocycles. The lowest BCUT2D eigenvalue weighted by atomic mass is 10.0. The molecular formula is C13H12N2O2. The van der Waals surface area contributed by atoms with E-state index in [1.54, 1.807) is 12.3 Å². The minimum absolute atomic E-state index is 0.160. The third kappa shape index (κ3) is 2.42. The number of nitrogens with zero attached hydrogens (tertiary/aromatic N) is 1. The molecule has 0 fully saturated rings. The predicted molar refractivity (Wildman–Crippen MR) is 65.4 cm³/mol. The molecule has 1 aromatic heterocycles. The van der Waals surface area contributed by atoms with Crippen molar-refractivity contribution in [2.75, 3.05) is 5.73 Å². The maximum atomic E-state index is 10.7. The molecule has 3 N–H and O–H groups in total. The highest BCUT2D eigenvalue weighted by Crippen LogP contribution is 2.27. The second-order valence-corrected chi connectivity index (χ2v) is 3.66. The topological polar surface area (TPSA) is 76.2 Å². The van der Waals surface area contributed by atoms with E-state index in [9.17, 15) is 4.79 Å². The predicted octanol–water partition coefficient (Wildman–Crippen LogP) is 1.96. The number of nitrogen functional groups attached to an aromatic ring is 1. The highest BCUT2D eigenvalue weighted by atomic mass is 16.4. The Morgan fingerprint density at radius 2 is 1.94 bits per heavy atom. The normalized spacial score (nSPS) is 10.1. The summed E-state index contributed by atoms with van der Waals surface area (Å²) >= 11 is 0. The number of carboxylic acid groups (broad SMARTS) is 1. The maximum absolute atomic E-state index is 10.7. The van der Waals surface area contributed by atoms with E-state index in [0.29, 0.717) is 11.4 Å². The number of aromatic nitrogens is 1. The average Bonchev–Trinajstić information content (AvgIpc) is 2.32. The quantitative estimate of drug-likeness (QED) is 0.841. The van der Waals surface area contributed by atoms with Gasteiger partial charge in [0.15, 0.2) is 0 Å². The van der Waals surface area contributed by atoms with Crippen LogP contribution in [0.1, 0.15) is 5.69 Å². The van der Waals surface area contributed by atoms with Crippen LogP contribution in [-0.2, 0) is 11.2 Å². The van der Waals surface area contributed by atoms with E-state index in [-0.39, 0.29) is 6.42 Å². The number of pyridine rings is 1. The van der Waals surface area contributed by atoms with Crippen LogP contribution in [0.3, 0.4) is 0 Å². The first-order valence-corrected chi connectivity index (χ1v) is 5.19. The molecule has 0 atom stereocenters. The lowest BCUT2D eigenvalue weighted by Gasteiger charge is -2.08. The van der Waals surface area contributed by atoms with Crippen LogP contribution in [0.25, 0.3) is 11.1 Å². The molecule has 17 heavy (non-hydrogen) atoms. The minimum Gasteiger partial charge on any atom is -0.481 e. The number of carbonyl (C=O) groups is 1. The van der Waals surface area contributed by atoms with Gasteiger partial charge in [-0.2, -0.15) is 0 Å². The summed E-state index contributed by atoms with van der Waals surface area (Å²) in [5.41, 5.74) is 8.55. The van der Waals surface area contributed by atoms with Gasteiger partial charge in [-0.3, -0.25) is 9.78 Å². The Balaban J connectivity index is 2.46. The summed E-state index contributed by atoms with van der Waals surface area (Å²) in [4.78, 5) is 14.7. The van der Waals surface area contributed by atoms with E-state index >= 15 is 0 Å². The second-order valence-electron chi connectivity index (χ2n) is 3.66. The van der Waals surface area contributed by atoms with Crippen LogP contribution >= 0.6 is 0 Å². The maximum Gasteiger partial charge on any atom is 0.309 e. The van der Waals surface area contributed by atoms with Crippen molar-refractivity contribution in [3.05, 3.63) is 48.3 Å². The Kier molecular flexibility index (Phi) is 3.05. The molecule has 4 nitrogen and oxygen atoms in total. The van der Waals surface area contributed by atoms with E-state index in [1.807, 2.05) is 30.3 Å². The van der Waals surface area contributed by atoms with Crippen LogP contribution in [-0.4, -0.2) is 16.1 Å². The van der Waals surface area contributed by atoms with E-state index in [0.717, 1.165) is 11.1 Å². The molecule has 0 saturated carbocycles. The molecule has 2 rings (SSSR count). The lowest BCUT2D eigenvalue weighted by molar-refractivity contribution is -0.136. The van der Waals surface area contributed by atoms with Gasteiger partial charge in [0, 0.05) is 11.8 Å². The molecule has 0 radical (unpaired) electrons. The molecular weight excluding hydrogens is 216 g/mol. The van der Waals surface area contributed by atoms with E-state index in [1.165, 1.54) is 0 Å². The van der Waals surface area contributed by atoms with Crippen molar-refractivity contribution in [3.63, 3.8) is 0 Å². The Morgan fingerprint density at radius 3 is 2.59 bits per heavy atom. The van der Waals surface area contributed by atoms with Gasteiger partial charge in [-0.25, -0.2) is 0 Å². The molecule has 2 aromatic rings. The minimum atomic E-state index is -0.936. The van der Waals surface area contributed by atoms with Gasteiger partial charge in [-0.1, -0.05) is 30.3 Å². The van der Waals surface area contributed by atoms with Crippen LogP contribution in [0.15, 0.2) is 42.6 Å². The van der Waals surface area contributed by atoms with Crippen molar-refractivity contribution in [2.45, 2.75) is 6.42 Å². The number of hydrogen-bond acceptors (Lipinski definition) is 3. The molecule has 0 spiro atoms. The van der Waals surface area contributed by atoms with Gasteiger partial charge in [-0.05, 0) is 11.6 Å². The van der Waals surface area contributed by atoms with E-state index < -0.39 is 5.97 Å². The molecule has 0 saturated heterocycles. The third-order valence-corrected chi connectivity index (χ3v) is 2.48. The zero-order valence-corrected chi connectivity index (χ0v) is 9.13. The highest BCUT2D eigenvalue weighted by Gasteiger charge is 2.10. The number of nitrogens with two attached hydrogens (primary N) is 1. The summed E-state index contributed by atoms with van der Waals surface area (Å²) < 4.78 is 0. The average molecular weight is 228 g/mol. The zero-order chi connectivity index (χ0) is 12.3. The number of aliphatic carboxylic acids is 1. The fourth-order valence-electron chi connectivity index (χ4n) is 1.67. The Morgan fingerprint density at radius 1 is 1.24 bits per heavy atom. The Hall–Kier alpha value is -2.36. The van der Waals surface area contributed by atoms with Crippen molar-refractivity contribution < 1.29 is 9.90 Å². The van der Waals surface area contributed by atoms with Crippen molar-refractivity contribution in [1.29, 1.82) is 0 Å². The summed E-state index contributed by atoms with van der Waals surface area (Å²) in [6, 6.07) is 11.4. The monoisotopic (exact) mass is 228 g/mol. The van der Waals surface area contributed by atoms with Gasteiger partial charge in [0.25, 0.3) is 0 Å². The summed E-state index contributed by atoms with van der Waals surface area (Å²) in [6.07, 6.45) is 1.42. The van der Waals surface area contributed by atoms with Gasteiger partial charge < -0.3 is 10.8 Å². The molecule has 86 valence electrons. The molecule has 1 heterocycles. The summed E-state index contributed by atoms with van der Waals surface area (Å²) in [5.74, 6) is -0.936. The molecule has 4 heteroatoms. The first-order chi connectivity index (χ1) is 8.18. The number of carboxylic acids is 1. The molecule has 0 aliphatic heterocycles. The third-order valence-electron chi connectivity index (χ3n) is 2.48. The fraction of sp³-hybridized carbons (Fsp3) is 0.0769. The van der Waals surface area contributed by atoms with Crippen LogP contribution < -0.4 is 5.73 Å². The van der Waals surface area contributed by atoms with Crippen LogP contribution in [0.2, 0.25) is 0 Å². The zero-order valence-electron chi connectivity index (χ0n) is 9.13. The van der Waals surface area contributed by atoms with Gasteiger partial charge in [0.2, 0.25) is 0 Å².